The third-order valence-electron chi connectivity index (χ3n) is 4.22. The number of aryl methyl sites for hydroxylation is 1. The van der Waals surface area contributed by atoms with E-state index in [2.05, 4.69) is 12.2 Å². The maximum Gasteiger partial charge on any atom is 0.223 e. The van der Waals surface area contributed by atoms with Crippen LogP contribution in [0.25, 0.3) is 0 Å². The van der Waals surface area contributed by atoms with E-state index in [-0.39, 0.29) is 11.9 Å². The highest BCUT2D eigenvalue weighted by Crippen LogP contribution is 2.40. The summed E-state index contributed by atoms with van der Waals surface area (Å²) < 4.78 is 16.1. The van der Waals surface area contributed by atoms with Crippen molar-refractivity contribution in [1.29, 1.82) is 0 Å². The fourth-order valence-electron chi connectivity index (χ4n) is 2.96. The van der Waals surface area contributed by atoms with E-state index in [4.69, 9.17) is 14.2 Å². The number of methoxy groups -OCH3 is 3. The van der Waals surface area contributed by atoms with Crippen LogP contribution in [0.1, 0.15) is 18.9 Å². The smallest absolute Gasteiger partial charge is 0.223 e. The Labute approximate surface area is 137 Å². The molecule has 6 heteroatoms. The molecule has 1 heterocycles. The summed E-state index contributed by atoms with van der Waals surface area (Å²) in [5.74, 6) is 1.99. The van der Waals surface area contributed by atoms with Crippen molar-refractivity contribution < 1.29 is 19.0 Å². The number of nitrogens with zero attached hydrogens (tertiary/aromatic N) is 1. The molecule has 1 aromatic carbocycles. The number of rotatable bonds is 6. The number of ether oxygens (including phenoxy) is 3. The van der Waals surface area contributed by atoms with Crippen molar-refractivity contribution in [3.05, 3.63) is 17.7 Å². The highest BCUT2D eigenvalue weighted by Gasteiger charge is 2.23. The third kappa shape index (κ3) is 3.88. The SMILES string of the molecule is COc1ccc(CCC(=O)N2CCNC[C@H]2C)c(OC)c1OC. The minimum absolute atomic E-state index is 0.177. The summed E-state index contributed by atoms with van der Waals surface area (Å²) in [6.07, 6.45) is 1.06. The van der Waals surface area contributed by atoms with Gasteiger partial charge in [0.05, 0.1) is 21.3 Å². The van der Waals surface area contributed by atoms with Crippen molar-refractivity contribution in [3.63, 3.8) is 0 Å². The first kappa shape index (κ1) is 17.4. The molecule has 0 bridgehead atoms. The highest BCUT2D eigenvalue weighted by molar-refractivity contribution is 5.77. The first-order valence-corrected chi connectivity index (χ1v) is 7.90. The fraction of sp³-hybridized carbons (Fsp3) is 0.588. The van der Waals surface area contributed by atoms with Gasteiger partial charge in [0.1, 0.15) is 0 Å². The van der Waals surface area contributed by atoms with Gasteiger partial charge in [-0.15, -0.1) is 0 Å². The average molecular weight is 322 g/mol. The van der Waals surface area contributed by atoms with Crippen LogP contribution in [0.2, 0.25) is 0 Å². The molecular weight excluding hydrogens is 296 g/mol. The second kappa shape index (κ2) is 8.06. The van der Waals surface area contributed by atoms with E-state index in [0.29, 0.717) is 30.1 Å². The Morgan fingerprint density at radius 2 is 1.96 bits per heavy atom. The van der Waals surface area contributed by atoms with E-state index in [1.807, 2.05) is 17.0 Å². The van der Waals surface area contributed by atoms with Crippen molar-refractivity contribution in [1.82, 2.24) is 10.2 Å². The molecule has 0 aliphatic carbocycles. The van der Waals surface area contributed by atoms with Crippen LogP contribution in [-0.4, -0.2) is 57.8 Å². The van der Waals surface area contributed by atoms with Crippen LogP contribution in [0.15, 0.2) is 12.1 Å². The molecule has 0 aromatic heterocycles. The lowest BCUT2D eigenvalue weighted by atomic mass is 10.1. The summed E-state index contributed by atoms with van der Waals surface area (Å²) in [4.78, 5) is 14.4. The molecule has 1 aliphatic heterocycles. The summed E-state index contributed by atoms with van der Waals surface area (Å²) >= 11 is 0. The number of hydrogen-bond donors (Lipinski definition) is 1. The first-order valence-electron chi connectivity index (χ1n) is 7.90. The minimum atomic E-state index is 0.177. The largest absolute Gasteiger partial charge is 0.493 e. The van der Waals surface area contributed by atoms with Gasteiger partial charge in [-0.1, -0.05) is 6.07 Å². The van der Waals surface area contributed by atoms with Gasteiger partial charge in [-0.25, -0.2) is 0 Å². The number of amides is 1. The molecule has 128 valence electrons. The third-order valence-corrected chi connectivity index (χ3v) is 4.22. The summed E-state index contributed by atoms with van der Waals surface area (Å²) in [5, 5.41) is 3.29. The van der Waals surface area contributed by atoms with Gasteiger partial charge in [-0.2, -0.15) is 0 Å². The van der Waals surface area contributed by atoms with Crippen LogP contribution in [0, 0.1) is 0 Å². The number of hydrogen-bond acceptors (Lipinski definition) is 5. The Morgan fingerprint density at radius 3 is 2.57 bits per heavy atom. The normalized spacial score (nSPS) is 17.7. The van der Waals surface area contributed by atoms with Crippen LogP contribution < -0.4 is 19.5 Å². The molecule has 1 N–H and O–H groups in total. The molecule has 1 saturated heterocycles. The van der Waals surface area contributed by atoms with Crippen molar-refractivity contribution in [3.8, 4) is 17.2 Å². The zero-order valence-corrected chi connectivity index (χ0v) is 14.3. The van der Waals surface area contributed by atoms with Gasteiger partial charge in [-0.05, 0) is 25.0 Å². The Balaban J connectivity index is 2.09. The lowest BCUT2D eigenvalue weighted by Crippen LogP contribution is -2.52. The zero-order chi connectivity index (χ0) is 16.8. The van der Waals surface area contributed by atoms with Gasteiger partial charge in [0.15, 0.2) is 11.5 Å². The first-order chi connectivity index (χ1) is 11.1. The number of carbonyl (C=O) groups is 1. The molecular formula is C17H26N2O4. The standard InChI is InChI=1S/C17H26N2O4/c1-12-11-18-9-10-19(12)15(20)8-6-13-5-7-14(21-2)17(23-4)16(13)22-3/h5,7,12,18H,6,8-11H2,1-4H3/t12-/m1/s1. The molecule has 1 aromatic rings. The van der Waals surface area contributed by atoms with E-state index in [1.54, 1.807) is 21.3 Å². The summed E-state index contributed by atoms with van der Waals surface area (Å²) in [5.41, 5.74) is 0.946. The van der Waals surface area contributed by atoms with Gasteiger partial charge in [0, 0.05) is 32.1 Å². The van der Waals surface area contributed by atoms with E-state index >= 15 is 0 Å². The molecule has 0 unspecified atom stereocenters. The zero-order valence-electron chi connectivity index (χ0n) is 14.3. The Morgan fingerprint density at radius 1 is 1.22 bits per heavy atom. The predicted molar refractivity (Wildman–Crippen MR) is 88.5 cm³/mol. The van der Waals surface area contributed by atoms with Crippen LogP contribution in [0.5, 0.6) is 17.2 Å². The molecule has 6 nitrogen and oxygen atoms in total. The Kier molecular flexibility index (Phi) is 6.10. The average Bonchev–Trinajstić information content (AvgIpc) is 2.58. The maximum absolute atomic E-state index is 12.5. The van der Waals surface area contributed by atoms with Crippen LogP contribution >= 0.6 is 0 Å². The van der Waals surface area contributed by atoms with Crippen molar-refractivity contribution in [2.75, 3.05) is 41.0 Å². The second-order valence-electron chi connectivity index (χ2n) is 5.63. The minimum Gasteiger partial charge on any atom is -0.493 e. The van der Waals surface area contributed by atoms with E-state index in [1.165, 1.54) is 0 Å². The van der Waals surface area contributed by atoms with Crippen molar-refractivity contribution in [2.24, 2.45) is 0 Å². The van der Waals surface area contributed by atoms with Gasteiger partial charge < -0.3 is 24.4 Å². The topological polar surface area (TPSA) is 60.0 Å². The Hall–Kier alpha value is -1.95. The number of benzene rings is 1. The van der Waals surface area contributed by atoms with Crippen LogP contribution in [-0.2, 0) is 11.2 Å². The number of nitrogens with one attached hydrogen (secondary N) is 1. The molecule has 0 saturated carbocycles. The molecule has 0 radical (unpaired) electrons. The summed E-state index contributed by atoms with van der Waals surface area (Å²) in [6, 6.07) is 4.01. The van der Waals surface area contributed by atoms with Crippen LogP contribution in [0.3, 0.4) is 0 Å². The maximum atomic E-state index is 12.5. The quantitative estimate of drug-likeness (QED) is 0.859. The van der Waals surface area contributed by atoms with Crippen LogP contribution in [0.4, 0.5) is 0 Å². The molecule has 1 atom stereocenters. The van der Waals surface area contributed by atoms with Gasteiger partial charge in [0.2, 0.25) is 11.7 Å². The molecule has 2 rings (SSSR count). The van der Waals surface area contributed by atoms with E-state index < -0.39 is 0 Å². The summed E-state index contributed by atoms with van der Waals surface area (Å²) in [7, 11) is 4.77. The van der Waals surface area contributed by atoms with Gasteiger partial charge in [0.25, 0.3) is 0 Å². The van der Waals surface area contributed by atoms with E-state index in [9.17, 15) is 4.79 Å². The number of piperazine rings is 1. The fourth-order valence-corrected chi connectivity index (χ4v) is 2.96. The van der Waals surface area contributed by atoms with E-state index in [0.717, 1.165) is 25.2 Å². The monoisotopic (exact) mass is 322 g/mol. The highest BCUT2D eigenvalue weighted by atomic mass is 16.5. The Bertz CT molecular complexity index is 548. The molecule has 23 heavy (non-hydrogen) atoms. The lowest BCUT2D eigenvalue weighted by molar-refractivity contribution is -0.133. The summed E-state index contributed by atoms with van der Waals surface area (Å²) in [6.45, 7) is 4.55. The molecule has 1 fully saturated rings. The van der Waals surface area contributed by atoms with Gasteiger partial charge >= 0.3 is 0 Å². The molecule has 0 spiro atoms. The molecule has 1 aliphatic rings. The number of carbonyl (C=O) groups excluding carboxylic acids is 1. The second-order valence-corrected chi connectivity index (χ2v) is 5.63. The van der Waals surface area contributed by atoms with Crippen molar-refractivity contribution in [2.45, 2.75) is 25.8 Å². The molecule has 1 amide bonds. The van der Waals surface area contributed by atoms with Gasteiger partial charge in [-0.3, -0.25) is 4.79 Å². The van der Waals surface area contributed by atoms with Crippen molar-refractivity contribution >= 4 is 5.91 Å². The predicted octanol–water partition coefficient (Wildman–Crippen LogP) is 1.47. The lowest BCUT2D eigenvalue weighted by Gasteiger charge is -2.34.